The highest BCUT2D eigenvalue weighted by molar-refractivity contribution is 14.1. The summed E-state index contributed by atoms with van der Waals surface area (Å²) in [5.74, 6) is 1.67. The van der Waals surface area contributed by atoms with Crippen LogP contribution in [0.2, 0.25) is 0 Å². The topological polar surface area (TPSA) is 44.5 Å². The zero-order valence-corrected chi connectivity index (χ0v) is 11.4. The van der Waals surface area contributed by atoms with Crippen molar-refractivity contribution >= 4 is 22.6 Å². The normalized spacial score (nSPS) is 12.3. The van der Waals surface area contributed by atoms with Crippen molar-refractivity contribution in [3.8, 4) is 11.5 Å². The maximum absolute atomic E-state index is 5.78. The first-order chi connectivity index (χ1) is 7.08. The lowest BCUT2D eigenvalue weighted by atomic mass is 10.1. The van der Waals surface area contributed by atoms with Gasteiger partial charge in [0.25, 0.3) is 0 Å². The first-order valence-electron chi connectivity index (χ1n) is 4.74. The second-order valence-electron chi connectivity index (χ2n) is 3.48. The third-order valence-corrected chi connectivity index (χ3v) is 2.94. The van der Waals surface area contributed by atoms with Crippen LogP contribution >= 0.6 is 22.6 Å². The zero-order valence-electron chi connectivity index (χ0n) is 9.21. The number of benzene rings is 1. The SMILES string of the molecule is COc1cc(OC)c(CC(C)N)cc1I. The van der Waals surface area contributed by atoms with E-state index in [1.807, 2.05) is 13.0 Å². The second kappa shape index (κ2) is 5.55. The van der Waals surface area contributed by atoms with Gasteiger partial charge >= 0.3 is 0 Å². The Balaban J connectivity index is 3.09. The van der Waals surface area contributed by atoms with E-state index in [4.69, 9.17) is 15.2 Å². The molecule has 0 aromatic heterocycles. The molecule has 1 aromatic rings. The van der Waals surface area contributed by atoms with Crippen LogP contribution in [0.1, 0.15) is 12.5 Å². The molecule has 0 spiro atoms. The summed E-state index contributed by atoms with van der Waals surface area (Å²) in [6.45, 7) is 1.98. The molecular weight excluding hydrogens is 305 g/mol. The van der Waals surface area contributed by atoms with E-state index in [-0.39, 0.29) is 6.04 Å². The average Bonchev–Trinajstić information content (AvgIpc) is 2.17. The molecule has 0 bridgehead atoms. The van der Waals surface area contributed by atoms with Gasteiger partial charge in [-0.15, -0.1) is 0 Å². The fraction of sp³-hybridized carbons (Fsp3) is 0.455. The van der Waals surface area contributed by atoms with Gasteiger partial charge in [0.1, 0.15) is 11.5 Å². The lowest BCUT2D eigenvalue weighted by Crippen LogP contribution is -2.18. The van der Waals surface area contributed by atoms with Crippen LogP contribution in [-0.4, -0.2) is 20.3 Å². The van der Waals surface area contributed by atoms with Crippen molar-refractivity contribution in [1.29, 1.82) is 0 Å². The Morgan fingerprint density at radius 1 is 1.27 bits per heavy atom. The third-order valence-electron chi connectivity index (χ3n) is 2.10. The largest absolute Gasteiger partial charge is 0.496 e. The summed E-state index contributed by atoms with van der Waals surface area (Å²) in [4.78, 5) is 0. The number of methoxy groups -OCH3 is 2. The molecule has 0 aliphatic carbocycles. The van der Waals surface area contributed by atoms with Crippen LogP contribution in [0.25, 0.3) is 0 Å². The van der Waals surface area contributed by atoms with E-state index in [2.05, 4.69) is 28.7 Å². The summed E-state index contributed by atoms with van der Waals surface area (Å²) in [6, 6.07) is 4.09. The zero-order chi connectivity index (χ0) is 11.4. The fourth-order valence-electron chi connectivity index (χ4n) is 1.43. The van der Waals surface area contributed by atoms with E-state index in [0.29, 0.717) is 0 Å². The summed E-state index contributed by atoms with van der Waals surface area (Å²) in [7, 11) is 3.31. The van der Waals surface area contributed by atoms with Crippen LogP contribution in [0.15, 0.2) is 12.1 Å². The van der Waals surface area contributed by atoms with Crippen molar-refractivity contribution in [1.82, 2.24) is 0 Å². The Morgan fingerprint density at radius 3 is 2.33 bits per heavy atom. The molecule has 0 heterocycles. The highest BCUT2D eigenvalue weighted by Crippen LogP contribution is 2.30. The van der Waals surface area contributed by atoms with E-state index >= 15 is 0 Å². The molecule has 15 heavy (non-hydrogen) atoms. The first kappa shape index (κ1) is 12.6. The predicted octanol–water partition coefficient (Wildman–Crippen LogP) is 2.20. The molecule has 0 saturated heterocycles. The average molecular weight is 321 g/mol. The minimum atomic E-state index is 0.128. The number of halogens is 1. The van der Waals surface area contributed by atoms with Gasteiger partial charge in [-0.05, 0) is 47.6 Å². The van der Waals surface area contributed by atoms with Crippen molar-refractivity contribution in [3.63, 3.8) is 0 Å². The molecule has 0 aliphatic rings. The van der Waals surface area contributed by atoms with Crippen molar-refractivity contribution in [2.75, 3.05) is 14.2 Å². The highest BCUT2D eigenvalue weighted by Gasteiger charge is 2.10. The molecule has 84 valence electrons. The van der Waals surface area contributed by atoms with E-state index in [1.54, 1.807) is 14.2 Å². The van der Waals surface area contributed by atoms with E-state index < -0.39 is 0 Å². The summed E-state index contributed by atoms with van der Waals surface area (Å²) < 4.78 is 11.6. The summed E-state index contributed by atoms with van der Waals surface area (Å²) >= 11 is 2.24. The molecule has 1 aromatic carbocycles. The van der Waals surface area contributed by atoms with Gasteiger partial charge in [0.15, 0.2) is 0 Å². The van der Waals surface area contributed by atoms with Gasteiger partial charge < -0.3 is 15.2 Å². The van der Waals surface area contributed by atoms with Gasteiger partial charge in [-0.1, -0.05) is 0 Å². The quantitative estimate of drug-likeness (QED) is 0.865. The van der Waals surface area contributed by atoms with Gasteiger partial charge in [-0.25, -0.2) is 0 Å². The molecule has 0 aliphatic heterocycles. The van der Waals surface area contributed by atoms with E-state index in [0.717, 1.165) is 27.1 Å². The van der Waals surface area contributed by atoms with Crippen molar-refractivity contribution in [2.24, 2.45) is 5.73 Å². The fourth-order valence-corrected chi connectivity index (χ4v) is 2.18. The second-order valence-corrected chi connectivity index (χ2v) is 4.64. The Hall–Kier alpha value is -0.490. The number of rotatable bonds is 4. The lowest BCUT2D eigenvalue weighted by Gasteiger charge is -2.13. The molecule has 1 rings (SSSR count). The molecule has 0 radical (unpaired) electrons. The monoisotopic (exact) mass is 321 g/mol. The lowest BCUT2D eigenvalue weighted by molar-refractivity contribution is 0.388. The predicted molar refractivity (Wildman–Crippen MR) is 69.6 cm³/mol. The Bertz CT molecular complexity index is 340. The van der Waals surface area contributed by atoms with Crippen molar-refractivity contribution in [3.05, 3.63) is 21.3 Å². The maximum atomic E-state index is 5.78. The minimum absolute atomic E-state index is 0.128. The molecule has 0 fully saturated rings. The van der Waals surface area contributed by atoms with Crippen LogP contribution in [-0.2, 0) is 6.42 Å². The molecule has 0 saturated carbocycles. The van der Waals surface area contributed by atoms with Gasteiger partial charge in [-0.3, -0.25) is 0 Å². The van der Waals surface area contributed by atoms with Gasteiger partial charge in [0.2, 0.25) is 0 Å². The van der Waals surface area contributed by atoms with Crippen molar-refractivity contribution in [2.45, 2.75) is 19.4 Å². The Morgan fingerprint density at radius 2 is 1.87 bits per heavy atom. The summed E-state index contributed by atoms with van der Waals surface area (Å²) in [6.07, 6.45) is 0.809. The van der Waals surface area contributed by atoms with Crippen LogP contribution < -0.4 is 15.2 Å². The van der Waals surface area contributed by atoms with Gasteiger partial charge in [0.05, 0.1) is 17.8 Å². The summed E-state index contributed by atoms with van der Waals surface area (Å²) in [5, 5.41) is 0. The Kier molecular flexibility index (Phi) is 4.66. The highest BCUT2D eigenvalue weighted by atomic mass is 127. The molecule has 4 heteroatoms. The molecule has 3 nitrogen and oxygen atoms in total. The smallest absolute Gasteiger partial charge is 0.135 e. The molecule has 1 atom stereocenters. The number of hydrogen-bond donors (Lipinski definition) is 1. The first-order valence-corrected chi connectivity index (χ1v) is 5.82. The number of nitrogens with two attached hydrogens (primary N) is 1. The van der Waals surface area contributed by atoms with Crippen LogP contribution in [0.4, 0.5) is 0 Å². The van der Waals surface area contributed by atoms with Gasteiger partial charge in [0, 0.05) is 12.1 Å². The standard InChI is InChI=1S/C11H16INO2/c1-7(13)4-8-5-9(12)11(15-3)6-10(8)14-2/h5-7H,4,13H2,1-3H3. The molecular formula is C11H16INO2. The summed E-state index contributed by atoms with van der Waals surface area (Å²) in [5.41, 5.74) is 6.90. The van der Waals surface area contributed by atoms with E-state index in [9.17, 15) is 0 Å². The van der Waals surface area contributed by atoms with Crippen LogP contribution in [0, 0.1) is 3.57 Å². The number of ether oxygens (including phenoxy) is 2. The molecule has 2 N–H and O–H groups in total. The van der Waals surface area contributed by atoms with E-state index in [1.165, 1.54) is 0 Å². The van der Waals surface area contributed by atoms with Crippen molar-refractivity contribution < 1.29 is 9.47 Å². The molecule has 1 unspecified atom stereocenters. The third kappa shape index (κ3) is 3.24. The van der Waals surface area contributed by atoms with Gasteiger partial charge in [-0.2, -0.15) is 0 Å². The number of hydrogen-bond acceptors (Lipinski definition) is 3. The van der Waals surface area contributed by atoms with Crippen LogP contribution in [0.3, 0.4) is 0 Å². The molecule has 0 amide bonds. The maximum Gasteiger partial charge on any atom is 0.135 e. The Labute approximate surface area is 104 Å². The van der Waals surface area contributed by atoms with Crippen LogP contribution in [0.5, 0.6) is 11.5 Å². The minimum Gasteiger partial charge on any atom is -0.496 e.